The van der Waals surface area contributed by atoms with E-state index in [0.717, 1.165) is 5.56 Å². The SMILES string of the molecule is C=CCNC(=O)C(Cc1ccccc1)NC(=O)c1ccc(Cl)cc1. The van der Waals surface area contributed by atoms with Gasteiger partial charge in [0.1, 0.15) is 6.04 Å². The molecule has 0 radical (unpaired) electrons. The molecule has 4 nitrogen and oxygen atoms in total. The van der Waals surface area contributed by atoms with Gasteiger partial charge in [0, 0.05) is 23.6 Å². The van der Waals surface area contributed by atoms with Gasteiger partial charge in [-0.15, -0.1) is 6.58 Å². The van der Waals surface area contributed by atoms with Crippen LogP contribution in [0.25, 0.3) is 0 Å². The number of halogens is 1. The molecule has 0 saturated heterocycles. The van der Waals surface area contributed by atoms with Gasteiger partial charge in [-0.05, 0) is 29.8 Å². The van der Waals surface area contributed by atoms with Crippen molar-refractivity contribution in [3.8, 4) is 0 Å². The van der Waals surface area contributed by atoms with Gasteiger partial charge in [-0.25, -0.2) is 0 Å². The van der Waals surface area contributed by atoms with Crippen LogP contribution in [0.4, 0.5) is 0 Å². The summed E-state index contributed by atoms with van der Waals surface area (Å²) in [6, 6.07) is 15.4. The van der Waals surface area contributed by atoms with Crippen molar-refractivity contribution < 1.29 is 9.59 Å². The van der Waals surface area contributed by atoms with Crippen molar-refractivity contribution in [3.63, 3.8) is 0 Å². The molecule has 0 spiro atoms. The van der Waals surface area contributed by atoms with Crippen LogP contribution in [-0.4, -0.2) is 24.4 Å². The van der Waals surface area contributed by atoms with Crippen molar-refractivity contribution >= 4 is 23.4 Å². The monoisotopic (exact) mass is 342 g/mol. The summed E-state index contributed by atoms with van der Waals surface area (Å²) >= 11 is 5.83. The molecule has 0 fully saturated rings. The van der Waals surface area contributed by atoms with E-state index in [4.69, 9.17) is 11.6 Å². The minimum Gasteiger partial charge on any atom is -0.351 e. The van der Waals surface area contributed by atoms with Gasteiger partial charge in [0.15, 0.2) is 0 Å². The summed E-state index contributed by atoms with van der Waals surface area (Å²) in [5.41, 5.74) is 1.42. The van der Waals surface area contributed by atoms with Crippen LogP contribution in [0.5, 0.6) is 0 Å². The molecule has 0 saturated carbocycles. The predicted octanol–water partition coefficient (Wildman–Crippen LogP) is 2.98. The third-order valence-corrected chi connectivity index (χ3v) is 3.68. The second-order valence-corrected chi connectivity index (χ2v) is 5.69. The van der Waals surface area contributed by atoms with E-state index in [1.807, 2.05) is 30.3 Å². The highest BCUT2D eigenvalue weighted by Gasteiger charge is 2.21. The van der Waals surface area contributed by atoms with Gasteiger partial charge in [-0.3, -0.25) is 9.59 Å². The van der Waals surface area contributed by atoms with Crippen molar-refractivity contribution in [2.75, 3.05) is 6.54 Å². The lowest BCUT2D eigenvalue weighted by Crippen LogP contribution is -2.48. The van der Waals surface area contributed by atoms with E-state index in [0.29, 0.717) is 23.6 Å². The number of amides is 2. The number of hydrogen-bond acceptors (Lipinski definition) is 2. The molecule has 5 heteroatoms. The van der Waals surface area contributed by atoms with E-state index in [1.165, 1.54) is 0 Å². The molecule has 2 aromatic carbocycles. The number of nitrogens with one attached hydrogen (secondary N) is 2. The van der Waals surface area contributed by atoms with Gasteiger partial charge in [-0.2, -0.15) is 0 Å². The van der Waals surface area contributed by atoms with E-state index < -0.39 is 6.04 Å². The number of benzene rings is 2. The second-order valence-electron chi connectivity index (χ2n) is 5.26. The van der Waals surface area contributed by atoms with Gasteiger partial charge in [-0.1, -0.05) is 48.0 Å². The Morgan fingerprint density at radius 2 is 1.75 bits per heavy atom. The number of carbonyl (C=O) groups excluding carboxylic acids is 2. The first kappa shape index (κ1) is 17.8. The lowest BCUT2D eigenvalue weighted by molar-refractivity contribution is -0.122. The summed E-state index contributed by atoms with van der Waals surface area (Å²) in [6.45, 7) is 3.93. The molecule has 1 unspecified atom stereocenters. The van der Waals surface area contributed by atoms with Crippen LogP contribution in [0.15, 0.2) is 67.3 Å². The van der Waals surface area contributed by atoms with Crippen LogP contribution in [0, 0.1) is 0 Å². The molecule has 0 aliphatic rings. The van der Waals surface area contributed by atoms with Gasteiger partial charge in [0.25, 0.3) is 5.91 Å². The van der Waals surface area contributed by atoms with Crippen molar-refractivity contribution in [2.24, 2.45) is 0 Å². The molecule has 0 aliphatic heterocycles. The Bertz CT molecular complexity index is 699. The smallest absolute Gasteiger partial charge is 0.251 e. The van der Waals surface area contributed by atoms with Crippen LogP contribution in [0.1, 0.15) is 15.9 Å². The minimum absolute atomic E-state index is 0.249. The Labute approximate surface area is 146 Å². The third kappa shape index (κ3) is 5.25. The molecular weight excluding hydrogens is 324 g/mol. The van der Waals surface area contributed by atoms with Crippen molar-refractivity contribution in [2.45, 2.75) is 12.5 Å². The Hall–Kier alpha value is -2.59. The van der Waals surface area contributed by atoms with E-state index in [1.54, 1.807) is 30.3 Å². The zero-order valence-corrected chi connectivity index (χ0v) is 13.9. The molecule has 0 bridgehead atoms. The maximum absolute atomic E-state index is 12.4. The Balaban J connectivity index is 2.12. The fourth-order valence-corrected chi connectivity index (χ4v) is 2.32. The van der Waals surface area contributed by atoms with Gasteiger partial charge in [0.05, 0.1) is 0 Å². The van der Waals surface area contributed by atoms with Crippen molar-refractivity contribution in [1.29, 1.82) is 0 Å². The molecule has 2 amide bonds. The van der Waals surface area contributed by atoms with E-state index in [2.05, 4.69) is 17.2 Å². The number of rotatable bonds is 7. The molecule has 2 aromatic rings. The largest absolute Gasteiger partial charge is 0.351 e. The van der Waals surface area contributed by atoms with E-state index in [9.17, 15) is 9.59 Å². The maximum atomic E-state index is 12.4. The van der Waals surface area contributed by atoms with Crippen LogP contribution < -0.4 is 10.6 Å². The predicted molar refractivity (Wildman–Crippen MR) is 96.1 cm³/mol. The Morgan fingerprint density at radius 3 is 2.38 bits per heavy atom. The summed E-state index contributed by atoms with van der Waals surface area (Å²) in [5, 5.41) is 6.06. The average Bonchev–Trinajstić information content (AvgIpc) is 2.60. The maximum Gasteiger partial charge on any atom is 0.251 e. The van der Waals surface area contributed by atoms with Gasteiger partial charge < -0.3 is 10.6 Å². The zero-order chi connectivity index (χ0) is 17.4. The molecule has 2 N–H and O–H groups in total. The number of carbonyl (C=O) groups is 2. The number of hydrogen-bond donors (Lipinski definition) is 2. The summed E-state index contributed by atoms with van der Waals surface area (Å²) in [6.07, 6.45) is 2.00. The first-order chi connectivity index (χ1) is 11.6. The molecule has 124 valence electrons. The minimum atomic E-state index is -0.671. The lowest BCUT2D eigenvalue weighted by Gasteiger charge is -2.18. The topological polar surface area (TPSA) is 58.2 Å². The Morgan fingerprint density at radius 1 is 1.08 bits per heavy atom. The molecule has 0 aromatic heterocycles. The first-order valence-electron chi connectivity index (χ1n) is 7.59. The van der Waals surface area contributed by atoms with E-state index >= 15 is 0 Å². The first-order valence-corrected chi connectivity index (χ1v) is 7.97. The third-order valence-electron chi connectivity index (χ3n) is 3.43. The van der Waals surface area contributed by atoms with Crippen LogP contribution in [0.2, 0.25) is 5.02 Å². The summed E-state index contributed by atoms with van der Waals surface area (Å²) in [4.78, 5) is 24.7. The van der Waals surface area contributed by atoms with Crippen molar-refractivity contribution in [3.05, 3.63) is 83.4 Å². The molecule has 24 heavy (non-hydrogen) atoms. The molecule has 1 atom stereocenters. The van der Waals surface area contributed by atoms with Crippen molar-refractivity contribution in [1.82, 2.24) is 10.6 Å². The quantitative estimate of drug-likeness (QED) is 0.760. The van der Waals surface area contributed by atoms with Crippen LogP contribution >= 0.6 is 11.6 Å². The summed E-state index contributed by atoms with van der Waals surface area (Å²) < 4.78 is 0. The molecular formula is C19H19ClN2O2. The normalized spacial score (nSPS) is 11.4. The van der Waals surface area contributed by atoms with Crippen LogP contribution in [0.3, 0.4) is 0 Å². The highest BCUT2D eigenvalue weighted by Crippen LogP contribution is 2.10. The van der Waals surface area contributed by atoms with Gasteiger partial charge in [0.2, 0.25) is 5.91 Å². The Kier molecular flexibility index (Phi) is 6.58. The lowest BCUT2D eigenvalue weighted by atomic mass is 10.0. The fourth-order valence-electron chi connectivity index (χ4n) is 2.20. The standard InChI is InChI=1S/C19H19ClN2O2/c1-2-12-21-19(24)17(13-14-6-4-3-5-7-14)22-18(23)15-8-10-16(20)11-9-15/h2-11,17H,1,12-13H2,(H,21,24)(H,22,23). The molecule has 2 rings (SSSR count). The average molecular weight is 343 g/mol. The zero-order valence-electron chi connectivity index (χ0n) is 13.2. The summed E-state index contributed by atoms with van der Waals surface area (Å²) in [7, 11) is 0. The van der Waals surface area contributed by atoms with E-state index in [-0.39, 0.29) is 11.8 Å². The highest BCUT2D eigenvalue weighted by atomic mass is 35.5. The molecule has 0 heterocycles. The molecule has 0 aliphatic carbocycles. The second kappa shape index (κ2) is 8.89. The summed E-state index contributed by atoms with van der Waals surface area (Å²) in [5.74, 6) is -0.567. The van der Waals surface area contributed by atoms with Gasteiger partial charge >= 0.3 is 0 Å². The fraction of sp³-hybridized carbons (Fsp3) is 0.158. The van der Waals surface area contributed by atoms with Crippen LogP contribution in [-0.2, 0) is 11.2 Å². The highest BCUT2D eigenvalue weighted by molar-refractivity contribution is 6.30.